The minimum absolute atomic E-state index is 0.105. The molecule has 2 aliphatic carbocycles. The highest BCUT2D eigenvalue weighted by Gasteiger charge is 2.48. The van der Waals surface area contributed by atoms with Crippen molar-refractivity contribution < 1.29 is 9.90 Å². The predicted octanol–water partition coefficient (Wildman–Crippen LogP) is 1.53. The Balaban J connectivity index is 1.49. The van der Waals surface area contributed by atoms with Gasteiger partial charge in [0.25, 0.3) is 0 Å². The highest BCUT2D eigenvalue weighted by molar-refractivity contribution is 6.08. The van der Waals surface area contributed by atoms with Crippen LogP contribution in [0.5, 0.6) is 0 Å². The summed E-state index contributed by atoms with van der Waals surface area (Å²) in [6.45, 7) is 0. The summed E-state index contributed by atoms with van der Waals surface area (Å²) in [6.07, 6.45) is 7.60. The van der Waals surface area contributed by atoms with Crippen LogP contribution in [-0.4, -0.2) is 36.5 Å². The Hall–Kier alpha value is -1.33. The van der Waals surface area contributed by atoms with Crippen molar-refractivity contribution in [3.05, 3.63) is 35.4 Å². The smallest absolute Gasteiger partial charge is 0.323 e. The van der Waals surface area contributed by atoms with E-state index in [1.807, 2.05) is 0 Å². The second-order valence-electron chi connectivity index (χ2n) is 7.71. The lowest BCUT2D eigenvalue weighted by molar-refractivity contribution is -0.148. The molecule has 0 bridgehead atoms. The van der Waals surface area contributed by atoms with Gasteiger partial charge < -0.3 is 16.2 Å². The predicted molar refractivity (Wildman–Crippen MR) is 99.0 cm³/mol. The Kier molecular flexibility index (Phi) is 5.31. The molecule has 0 heterocycles. The monoisotopic (exact) mass is 328 g/mol. The van der Waals surface area contributed by atoms with E-state index in [0.717, 1.165) is 44.8 Å². The number of carbonyl (C=O) groups is 1. The number of nitrogens with two attached hydrogens (primary N) is 1. The maximum absolute atomic E-state index is 11.7. The Labute approximate surface area is 145 Å². The maximum atomic E-state index is 11.7. The normalized spacial score (nSPS) is 25.7. The van der Waals surface area contributed by atoms with Gasteiger partial charge >= 0.3 is 5.97 Å². The number of carboxylic acid groups (broad SMARTS) is 1. The number of hydrogen-bond donors (Lipinski definition) is 3. The van der Waals surface area contributed by atoms with Crippen LogP contribution in [0.25, 0.3) is 0 Å². The molecular weight excluding hydrogens is 299 g/mol. The molecular formula is C19H29BN2O2. The van der Waals surface area contributed by atoms with Crippen LogP contribution in [0.15, 0.2) is 24.3 Å². The van der Waals surface area contributed by atoms with Gasteiger partial charge in [-0.2, -0.15) is 0 Å². The lowest BCUT2D eigenvalue weighted by Gasteiger charge is -2.45. The highest BCUT2D eigenvalue weighted by atomic mass is 16.4. The van der Waals surface area contributed by atoms with Crippen molar-refractivity contribution in [3.63, 3.8) is 0 Å². The number of carboxylic acids is 1. The Morgan fingerprint density at radius 3 is 2.38 bits per heavy atom. The average Bonchev–Trinajstić information content (AvgIpc) is 2.92. The van der Waals surface area contributed by atoms with Crippen molar-refractivity contribution in [2.75, 3.05) is 0 Å². The van der Waals surface area contributed by atoms with Gasteiger partial charge in [-0.3, -0.25) is 4.79 Å². The van der Waals surface area contributed by atoms with Gasteiger partial charge in [0.05, 0.1) is 0 Å². The summed E-state index contributed by atoms with van der Waals surface area (Å²) in [5.41, 5.74) is 8.16. The van der Waals surface area contributed by atoms with Gasteiger partial charge in [-0.15, -0.1) is 0 Å². The molecule has 4 N–H and O–H groups in total. The first-order valence-corrected chi connectivity index (χ1v) is 9.38. The van der Waals surface area contributed by atoms with Crippen LogP contribution in [-0.2, 0) is 17.6 Å². The summed E-state index contributed by atoms with van der Waals surface area (Å²) in [7, 11) is 2.13. The molecule has 4 nitrogen and oxygen atoms in total. The van der Waals surface area contributed by atoms with Gasteiger partial charge in [-0.05, 0) is 49.1 Å². The molecule has 5 heteroatoms. The van der Waals surface area contributed by atoms with E-state index in [1.165, 1.54) is 11.1 Å². The minimum atomic E-state index is -1.04. The van der Waals surface area contributed by atoms with Crippen LogP contribution in [0.1, 0.15) is 43.2 Å². The molecule has 3 rings (SSSR count). The molecule has 0 aliphatic heterocycles. The Morgan fingerprint density at radius 1 is 1.21 bits per heavy atom. The zero-order valence-corrected chi connectivity index (χ0v) is 14.6. The van der Waals surface area contributed by atoms with Crippen molar-refractivity contribution >= 4 is 13.8 Å². The Morgan fingerprint density at radius 2 is 1.83 bits per heavy atom. The van der Waals surface area contributed by atoms with E-state index in [-0.39, 0.29) is 5.92 Å². The summed E-state index contributed by atoms with van der Waals surface area (Å²) >= 11 is 0. The third-order valence-electron chi connectivity index (χ3n) is 5.98. The van der Waals surface area contributed by atoms with E-state index >= 15 is 0 Å². The fraction of sp³-hybridized carbons (Fsp3) is 0.632. The van der Waals surface area contributed by atoms with E-state index in [9.17, 15) is 9.90 Å². The third kappa shape index (κ3) is 3.52. The summed E-state index contributed by atoms with van der Waals surface area (Å²) in [5.74, 6) is -0.719. The van der Waals surface area contributed by atoms with Crippen LogP contribution >= 0.6 is 0 Å². The van der Waals surface area contributed by atoms with Crippen LogP contribution in [0.4, 0.5) is 0 Å². The number of nitrogens with one attached hydrogen (secondary N) is 1. The first-order valence-electron chi connectivity index (χ1n) is 9.38. The van der Waals surface area contributed by atoms with E-state index in [4.69, 9.17) is 5.73 Å². The molecule has 0 radical (unpaired) electrons. The number of hydrogen-bond acceptors (Lipinski definition) is 3. The molecule has 0 spiro atoms. The van der Waals surface area contributed by atoms with Crippen molar-refractivity contribution in [1.82, 2.24) is 5.32 Å². The van der Waals surface area contributed by atoms with Gasteiger partial charge in [0.2, 0.25) is 0 Å². The van der Waals surface area contributed by atoms with Crippen LogP contribution in [0.2, 0.25) is 6.32 Å². The molecule has 0 saturated heterocycles. The first-order chi connectivity index (χ1) is 11.5. The van der Waals surface area contributed by atoms with Crippen LogP contribution < -0.4 is 11.1 Å². The first kappa shape index (κ1) is 17.5. The molecule has 130 valence electrons. The molecule has 1 saturated carbocycles. The number of unbranched alkanes of at least 4 members (excludes halogenated alkanes) is 1. The largest absolute Gasteiger partial charge is 0.480 e. The molecule has 1 aromatic rings. The maximum Gasteiger partial charge on any atom is 0.323 e. The topological polar surface area (TPSA) is 75.4 Å². The lowest BCUT2D eigenvalue weighted by Crippen LogP contribution is -2.61. The summed E-state index contributed by atoms with van der Waals surface area (Å²) in [5, 5.41) is 13.3. The number of rotatable bonds is 8. The number of benzene rings is 1. The van der Waals surface area contributed by atoms with Crippen molar-refractivity contribution in [3.8, 4) is 0 Å². The van der Waals surface area contributed by atoms with Gasteiger partial charge in [-0.25, -0.2) is 0 Å². The van der Waals surface area contributed by atoms with Crippen LogP contribution in [0, 0.1) is 5.92 Å². The zero-order chi connectivity index (χ0) is 17.2. The molecule has 0 amide bonds. The van der Waals surface area contributed by atoms with E-state index in [1.54, 1.807) is 0 Å². The number of aliphatic carboxylic acids is 1. The summed E-state index contributed by atoms with van der Waals surface area (Å²) in [4.78, 5) is 11.7. The minimum Gasteiger partial charge on any atom is -0.480 e. The van der Waals surface area contributed by atoms with Gasteiger partial charge in [-0.1, -0.05) is 43.4 Å². The molecule has 1 aromatic carbocycles. The summed E-state index contributed by atoms with van der Waals surface area (Å²) < 4.78 is 0. The molecule has 1 atom stereocenters. The van der Waals surface area contributed by atoms with Crippen molar-refractivity contribution in [2.24, 2.45) is 11.7 Å². The molecule has 2 aliphatic rings. The van der Waals surface area contributed by atoms with Gasteiger partial charge in [0.15, 0.2) is 0 Å². The van der Waals surface area contributed by atoms with Crippen molar-refractivity contribution in [2.45, 2.75) is 68.9 Å². The lowest BCUT2D eigenvalue weighted by atomic mass is 9.66. The van der Waals surface area contributed by atoms with Gasteiger partial charge in [0.1, 0.15) is 13.4 Å². The second kappa shape index (κ2) is 7.28. The summed E-state index contributed by atoms with van der Waals surface area (Å²) in [6, 6.07) is 9.54. The fourth-order valence-electron chi connectivity index (χ4n) is 4.34. The van der Waals surface area contributed by atoms with E-state index in [2.05, 4.69) is 37.4 Å². The zero-order valence-electron chi connectivity index (χ0n) is 14.6. The molecule has 1 fully saturated rings. The third-order valence-corrected chi connectivity index (χ3v) is 5.98. The molecule has 24 heavy (non-hydrogen) atoms. The number of fused-ring (bicyclic) bond motifs is 1. The average molecular weight is 328 g/mol. The molecule has 0 aromatic heterocycles. The van der Waals surface area contributed by atoms with Gasteiger partial charge in [0, 0.05) is 12.1 Å². The second-order valence-corrected chi connectivity index (χ2v) is 7.71. The molecule has 1 unspecified atom stereocenters. The van der Waals surface area contributed by atoms with Crippen molar-refractivity contribution in [1.29, 1.82) is 0 Å². The fourth-order valence-corrected chi connectivity index (χ4v) is 4.34. The standard InChI is InChI=1S/C19H29BN2O2/c20-8-4-3-7-19(21,18(23)24)15-11-17(12-15)22-16-9-13-5-1-2-6-14(13)10-16/h1-2,5-6,15-17,22H,3-4,7-12,20-21H2,(H,23,24)/t15-,17+,19?. The highest BCUT2D eigenvalue weighted by Crippen LogP contribution is 2.39. The van der Waals surface area contributed by atoms with Crippen LogP contribution in [0.3, 0.4) is 0 Å². The van der Waals surface area contributed by atoms with E-state index in [0.29, 0.717) is 18.5 Å². The quantitative estimate of drug-likeness (QED) is 0.500. The Bertz CT molecular complexity index is 563. The van der Waals surface area contributed by atoms with E-state index < -0.39 is 11.5 Å². The SMILES string of the molecule is BCCCCC(N)(C(=O)O)[C@H]1C[C@@H](NC2Cc3ccccc3C2)C1.